The molecule has 0 aliphatic heterocycles. The van der Waals surface area contributed by atoms with E-state index in [0.717, 1.165) is 5.57 Å². The van der Waals surface area contributed by atoms with E-state index >= 15 is 0 Å². The van der Waals surface area contributed by atoms with Gasteiger partial charge in [-0.2, -0.15) is 0 Å². The van der Waals surface area contributed by atoms with Crippen LogP contribution in [0.2, 0.25) is 0 Å². The molecule has 0 spiro atoms. The van der Waals surface area contributed by atoms with Gasteiger partial charge in [0, 0.05) is 26.3 Å². The highest BCUT2D eigenvalue weighted by atomic mass is 16.4. The van der Waals surface area contributed by atoms with Crippen molar-refractivity contribution >= 4 is 5.97 Å². The quantitative estimate of drug-likeness (QED) is 0.499. The minimum absolute atomic E-state index is 0.273. The predicted molar refractivity (Wildman–Crippen MR) is 33.4 cm³/mol. The summed E-state index contributed by atoms with van der Waals surface area (Å²) in [5.74, 6) is -0.828. The highest BCUT2D eigenvalue weighted by Gasteiger charge is 2.05. The highest BCUT2D eigenvalue weighted by Crippen LogP contribution is 2.01. The second-order valence-electron chi connectivity index (χ2n) is 2.19. The summed E-state index contributed by atoms with van der Waals surface area (Å²) >= 11 is 0. The van der Waals surface area contributed by atoms with Gasteiger partial charge in [-0.3, -0.25) is 0 Å². The first-order valence-corrected chi connectivity index (χ1v) is 2.74. The topological polar surface area (TPSA) is 40.1 Å². The fourth-order valence-electron chi connectivity index (χ4n) is 0.492. The van der Waals surface area contributed by atoms with Crippen molar-refractivity contribution in [1.82, 2.24) is 0 Å². The molecule has 0 aliphatic rings. The van der Waals surface area contributed by atoms with Gasteiger partial charge >= 0.3 is 0 Å². The normalized spacial score (nSPS) is 8.33. The van der Waals surface area contributed by atoms with Crippen LogP contribution in [-0.2, 0) is 4.79 Å². The summed E-state index contributed by atoms with van der Waals surface area (Å²) in [4.78, 5) is 10.0. The molecule has 0 heterocycles. The number of hydrogen-bond acceptors (Lipinski definition) is 2. The van der Waals surface area contributed by atoms with Gasteiger partial charge in [-0.15, -0.1) is 0 Å². The van der Waals surface area contributed by atoms with Crippen LogP contribution in [0.1, 0.15) is 20.8 Å². The lowest BCUT2D eigenvalue weighted by Crippen LogP contribution is -2.26. The van der Waals surface area contributed by atoms with Crippen molar-refractivity contribution in [3.05, 3.63) is 17.6 Å². The smallest absolute Gasteiger partial charge is 0.159 e. The first-order chi connectivity index (χ1) is 4.04. The summed E-state index contributed by atoms with van der Waals surface area (Å²) in [7, 11) is 0. The zero-order valence-corrected chi connectivity index (χ0v) is 5.89. The standard InChI is InChI=1S/C7H10O2/c1-5(2)4-6(3)7(8)9/h4H,1-3H3. The number of carboxylic acid groups (broad SMARTS) is 1. The molecular weight excluding hydrogens is 116 g/mol. The molecule has 0 fully saturated rings. The molecule has 50 valence electrons. The molecule has 9 heavy (non-hydrogen) atoms. The number of allylic oxidation sites excluding steroid dienone is 1. The predicted octanol–water partition coefficient (Wildman–Crippen LogP) is 0.297. The van der Waals surface area contributed by atoms with E-state index in [4.69, 9.17) is 0 Å². The number of carboxylic acids is 1. The SMILES string of the molecule is CC(C)=C[C+](C)C(=O)[O-]. The van der Waals surface area contributed by atoms with Gasteiger partial charge in [0.25, 0.3) is 0 Å². The van der Waals surface area contributed by atoms with Crippen molar-refractivity contribution in [2.75, 3.05) is 0 Å². The van der Waals surface area contributed by atoms with E-state index in [2.05, 4.69) is 0 Å². The highest BCUT2D eigenvalue weighted by molar-refractivity contribution is 5.83. The first-order valence-electron chi connectivity index (χ1n) is 2.74. The van der Waals surface area contributed by atoms with Crippen molar-refractivity contribution in [3.8, 4) is 0 Å². The molecule has 0 rings (SSSR count). The lowest BCUT2D eigenvalue weighted by molar-refractivity contribution is -0.301. The maximum absolute atomic E-state index is 10.0. The maximum atomic E-state index is 10.0. The van der Waals surface area contributed by atoms with Crippen LogP contribution in [0.3, 0.4) is 0 Å². The van der Waals surface area contributed by atoms with Crippen LogP contribution in [0.25, 0.3) is 0 Å². The van der Waals surface area contributed by atoms with Crippen LogP contribution < -0.4 is 5.11 Å². The van der Waals surface area contributed by atoms with Gasteiger partial charge in [-0.25, -0.2) is 0 Å². The van der Waals surface area contributed by atoms with E-state index in [-0.39, 0.29) is 5.92 Å². The third-order valence-electron chi connectivity index (χ3n) is 0.827. The van der Waals surface area contributed by atoms with E-state index in [1.54, 1.807) is 6.08 Å². The third-order valence-corrected chi connectivity index (χ3v) is 0.827. The lowest BCUT2D eigenvalue weighted by Gasteiger charge is -1.96. The monoisotopic (exact) mass is 126 g/mol. The number of carbonyl (C=O) groups excluding carboxylic acids is 1. The lowest BCUT2D eigenvalue weighted by atomic mass is 10.1. The van der Waals surface area contributed by atoms with E-state index < -0.39 is 5.97 Å². The number of carbonyl (C=O) groups is 1. The molecule has 0 amide bonds. The van der Waals surface area contributed by atoms with Crippen LogP contribution in [0.4, 0.5) is 0 Å². The second-order valence-corrected chi connectivity index (χ2v) is 2.19. The Morgan fingerprint density at radius 1 is 1.56 bits per heavy atom. The number of aliphatic carboxylic acids is 1. The largest absolute Gasteiger partial charge is 0.526 e. The fourth-order valence-corrected chi connectivity index (χ4v) is 0.492. The Labute approximate surface area is 55.2 Å². The molecule has 0 aromatic carbocycles. The van der Waals surface area contributed by atoms with Crippen molar-refractivity contribution in [3.63, 3.8) is 0 Å². The van der Waals surface area contributed by atoms with Crippen molar-refractivity contribution in [2.45, 2.75) is 20.8 Å². The van der Waals surface area contributed by atoms with Crippen molar-refractivity contribution < 1.29 is 9.90 Å². The maximum Gasteiger partial charge on any atom is 0.159 e. The Morgan fingerprint density at radius 2 is 2.00 bits per heavy atom. The molecule has 0 unspecified atom stereocenters. The Morgan fingerprint density at radius 3 is 2.11 bits per heavy atom. The van der Waals surface area contributed by atoms with Crippen LogP contribution in [-0.4, -0.2) is 5.97 Å². The van der Waals surface area contributed by atoms with E-state index in [1.807, 2.05) is 13.8 Å². The Balaban J connectivity index is 3.91. The molecule has 0 saturated heterocycles. The van der Waals surface area contributed by atoms with Crippen LogP contribution in [0.5, 0.6) is 0 Å². The van der Waals surface area contributed by atoms with Gasteiger partial charge in [-0.05, 0) is 0 Å². The minimum atomic E-state index is -1.10. The molecule has 0 saturated carbocycles. The molecule has 0 atom stereocenters. The summed E-state index contributed by atoms with van der Waals surface area (Å²) in [6, 6.07) is 0. The summed E-state index contributed by atoms with van der Waals surface area (Å²) in [6.45, 7) is 5.20. The van der Waals surface area contributed by atoms with Crippen LogP contribution in [0, 0.1) is 5.92 Å². The molecule has 0 aromatic rings. The van der Waals surface area contributed by atoms with Crippen LogP contribution in [0.15, 0.2) is 11.6 Å². The number of rotatable bonds is 2. The average molecular weight is 126 g/mol. The minimum Gasteiger partial charge on any atom is -0.526 e. The molecule has 2 heteroatoms. The summed E-state index contributed by atoms with van der Waals surface area (Å²) < 4.78 is 0. The third kappa shape index (κ3) is 3.64. The Bertz CT molecular complexity index is 132. The molecular formula is C7H10O2. The van der Waals surface area contributed by atoms with Crippen molar-refractivity contribution in [2.24, 2.45) is 0 Å². The summed E-state index contributed by atoms with van der Waals surface area (Å²) in [5.41, 5.74) is 0.969. The van der Waals surface area contributed by atoms with E-state index in [1.165, 1.54) is 6.92 Å². The zero-order valence-electron chi connectivity index (χ0n) is 5.89. The fraction of sp³-hybridized carbons (Fsp3) is 0.429. The van der Waals surface area contributed by atoms with Gasteiger partial charge in [0.15, 0.2) is 5.97 Å². The Hall–Kier alpha value is -0.920. The molecule has 0 N–H and O–H groups in total. The summed E-state index contributed by atoms with van der Waals surface area (Å²) in [6.07, 6.45) is 1.58. The number of hydrogen-bond donors (Lipinski definition) is 0. The zero-order chi connectivity index (χ0) is 7.44. The van der Waals surface area contributed by atoms with E-state index in [9.17, 15) is 9.90 Å². The van der Waals surface area contributed by atoms with Gasteiger partial charge in [0.2, 0.25) is 0 Å². The van der Waals surface area contributed by atoms with Gasteiger partial charge in [0.05, 0.1) is 0 Å². The molecule has 0 aliphatic carbocycles. The Kier molecular flexibility index (Phi) is 2.85. The average Bonchev–Trinajstić information content (AvgIpc) is 1.63. The van der Waals surface area contributed by atoms with Gasteiger partial charge in [0.1, 0.15) is 12.0 Å². The molecule has 2 nitrogen and oxygen atoms in total. The second kappa shape index (κ2) is 3.17. The molecule has 0 radical (unpaired) electrons. The van der Waals surface area contributed by atoms with Crippen LogP contribution >= 0.6 is 0 Å². The van der Waals surface area contributed by atoms with Gasteiger partial charge in [-0.1, -0.05) is 0 Å². The first kappa shape index (κ1) is 8.08. The van der Waals surface area contributed by atoms with Gasteiger partial charge < -0.3 is 9.90 Å². The molecule has 0 aromatic heterocycles. The van der Waals surface area contributed by atoms with E-state index in [0.29, 0.717) is 0 Å². The summed E-state index contributed by atoms with van der Waals surface area (Å²) in [5, 5.41) is 10.0. The molecule has 0 bridgehead atoms. The van der Waals surface area contributed by atoms with Crippen molar-refractivity contribution in [1.29, 1.82) is 0 Å².